The minimum absolute atomic E-state index is 0.333. The molecular weight excluding hydrogens is 384 g/mol. The van der Waals surface area contributed by atoms with E-state index in [-0.39, 0.29) is 11.6 Å². The summed E-state index contributed by atoms with van der Waals surface area (Å²) in [5, 5.41) is 4.50. The maximum absolute atomic E-state index is 14.0. The Bertz CT molecular complexity index is 1090. The zero-order chi connectivity index (χ0) is 20.9. The fraction of sp³-hybridized carbons (Fsp3) is 0.167. The first-order chi connectivity index (χ1) is 14.6. The van der Waals surface area contributed by atoms with Crippen LogP contribution in [0.2, 0.25) is 0 Å². The first kappa shape index (κ1) is 19.8. The SMILES string of the molecule is CCCCOc1ccc(C2=NNC(c3ccc(F)cc3)=Nc3ccc(F)cc32)cc1. The van der Waals surface area contributed by atoms with Crippen molar-refractivity contribution in [2.24, 2.45) is 10.1 Å². The highest BCUT2D eigenvalue weighted by Crippen LogP contribution is 2.27. The summed E-state index contributed by atoms with van der Waals surface area (Å²) >= 11 is 0. The van der Waals surface area contributed by atoms with E-state index >= 15 is 0 Å². The summed E-state index contributed by atoms with van der Waals surface area (Å²) in [5.74, 6) is 0.525. The molecule has 30 heavy (non-hydrogen) atoms. The summed E-state index contributed by atoms with van der Waals surface area (Å²) in [6, 6.07) is 17.9. The van der Waals surface area contributed by atoms with Crippen molar-refractivity contribution in [2.75, 3.05) is 6.61 Å². The molecule has 4 nitrogen and oxygen atoms in total. The molecule has 0 saturated carbocycles. The van der Waals surface area contributed by atoms with E-state index in [2.05, 4.69) is 22.4 Å². The van der Waals surface area contributed by atoms with Crippen LogP contribution in [0.1, 0.15) is 36.5 Å². The number of hydrazone groups is 1. The van der Waals surface area contributed by atoms with Crippen LogP contribution in [0.5, 0.6) is 5.75 Å². The van der Waals surface area contributed by atoms with Gasteiger partial charge in [-0.1, -0.05) is 13.3 Å². The number of nitrogens with one attached hydrogen (secondary N) is 1. The number of nitrogens with zero attached hydrogens (tertiary/aromatic N) is 2. The Morgan fingerprint density at radius 2 is 1.57 bits per heavy atom. The Hall–Kier alpha value is -3.54. The van der Waals surface area contributed by atoms with Crippen molar-refractivity contribution in [3.63, 3.8) is 0 Å². The molecule has 0 aliphatic carbocycles. The van der Waals surface area contributed by atoms with Crippen molar-refractivity contribution in [3.05, 3.63) is 95.1 Å². The van der Waals surface area contributed by atoms with E-state index in [9.17, 15) is 8.78 Å². The topological polar surface area (TPSA) is 46.0 Å². The lowest BCUT2D eigenvalue weighted by Crippen LogP contribution is -2.19. The van der Waals surface area contributed by atoms with Gasteiger partial charge >= 0.3 is 0 Å². The molecule has 0 amide bonds. The number of hydrogen-bond donors (Lipinski definition) is 1. The van der Waals surface area contributed by atoms with Gasteiger partial charge in [-0.2, -0.15) is 5.10 Å². The predicted molar refractivity (Wildman–Crippen MR) is 115 cm³/mol. The number of rotatable bonds is 6. The zero-order valence-electron chi connectivity index (χ0n) is 16.5. The maximum atomic E-state index is 14.0. The first-order valence-corrected chi connectivity index (χ1v) is 9.85. The van der Waals surface area contributed by atoms with Crippen LogP contribution in [0.4, 0.5) is 14.5 Å². The summed E-state index contributed by atoms with van der Waals surface area (Å²) in [7, 11) is 0. The third-order valence-electron chi connectivity index (χ3n) is 4.73. The second-order valence-corrected chi connectivity index (χ2v) is 6.93. The molecule has 0 radical (unpaired) electrons. The van der Waals surface area contributed by atoms with E-state index in [4.69, 9.17) is 4.74 Å². The van der Waals surface area contributed by atoms with Crippen LogP contribution in [-0.4, -0.2) is 18.2 Å². The van der Waals surface area contributed by atoms with E-state index in [1.54, 1.807) is 18.2 Å². The molecule has 152 valence electrons. The van der Waals surface area contributed by atoms with E-state index < -0.39 is 0 Å². The van der Waals surface area contributed by atoms with Crippen molar-refractivity contribution in [3.8, 4) is 5.75 Å². The number of ether oxygens (including phenoxy) is 1. The average Bonchev–Trinajstić information content (AvgIpc) is 2.94. The molecule has 1 heterocycles. The molecular formula is C24H21F2N3O. The lowest BCUT2D eigenvalue weighted by molar-refractivity contribution is 0.309. The Morgan fingerprint density at radius 3 is 2.30 bits per heavy atom. The van der Waals surface area contributed by atoms with Crippen LogP contribution < -0.4 is 10.2 Å². The molecule has 0 fully saturated rings. The number of hydrogen-bond acceptors (Lipinski definition) is 4. The van der Waals surface area contributed by atoms with E-state index in [1.165, 1.54) is 24.3 Å². The molecule has 1 aliphatic rings. The molecule has 3 aromatic carbocycles. The number of unbranched alkanes of at least 4 members (excludes halogenated alkanes) is 1. The van der Waals surface area contributed by atoms with Crippen molar-refractivity contribution >= 4 is 17.2 Å². The molecule has 4 rings (SSSR count). The monoisotopic (exact) mass is 405 g/mol. The fourth-order valence-electron chi connectivity index (χ4n) is 3.11. The number of amidine groups is 1. The molecule has 0 spiro atoms. The zero-order valence-corrected chi connectivity index (χ0v) is 16.5. The van der Waals surface area contributed by atoms with Crippen molar-refractivity contribution in [1.82, 2.24) is 5.43 Å². The maximum Gasteiger partial charge on any atom is 0.154 e. The molecule has 0 aromatic heterocycles. The van der Waals surface area contributed by atoms with Crippen LogP contribution in [0.15, 0.2) is 76.8 Å². The van der Waals surface area contributed by atoms with Gasteiger partial charge in [0.1, 0.15) is 23.1 Å². The molecule has 0 atom stereocenters. The number of benzene rings is 3. The van der Waals surface area contributed by atoms with E-state index in [0.717, 1.165) is 24.2 Å². The second-order valence-electron chi connectivity index (χ2n) is 6.93. The van der Waals surface area contributed by atoms with Crippen LogP contribution in [0, 0.1) is 11.6 Å². The highest BCUT2D eigenvalue weighted by molar-refractivity contribution is 6.18. The van der Waals surface area contributed by atoms with Gasteiger partial charge in [0.25, 0.3) is 0 Å². The first-order valence-electron chi connectivity index (χ1n) is 9.85. The average molecular weight is 405 g/mol. The van der Waals surface area contributed by atoms with Crippen molar-refractivity contribution in [1.29, 1.82) is 0 Å². The Kier molecular flexibility index (Phi) is 5.84. The normalized spacial score (nSPS) is 12.9. The van der Waals surface area contributed by atoms with Gasteiger partial charge in [0.15, 0.2) is 5.84 Å². The second kappa shape index (κ2) is 8.86. The fourth-order valence-corrected chi connectivity index (χ4v) is 3.11. The van der Waals surface area contributed by atoms with E-state index in [1.807, 2.05) is 24.3 Å². The summed E-state index contributed by atoms with van der Waals surface area (Å²) in [6.45, 7) is 2.78. The number of halogens is 2. The van der Waals surface area contributed by atoms with Gasteiger partial charge in [-0.15, -0.1) is 0 Å². The van der Waals surface area contributed by atoms with Gasteiger partial charge in [-0.05, 0) is 73.2 Å². The number of aliphatic imine (C=N–C) groups is 1. The largest absolute Gasteiger partial charge is 0.494 e. The van der Waals surface area contributed by atoms with Crippen LogP contribution >= 0.6 is 0 Å². The Balaban J connectivity index is 1.69. The minimum Gasteiger partial charge on any atom is -0.494 e. The molecule has 1 N–H and O–H groups in total. The minimum atomic E-state index is -0.374. The molecule has 0 bridgehead atoms. The van der Waals surface area contributed by atoms with Crippen molar-refractivity contribution in [2.45, 2.75) is 19.8 Å². The number of fused-ring (bicyclic) bond motifs is 1. The lowest BCUT2D eigenvalue weighted by Gasteiger charge is -2.10. The van der Waals surface area contributed by atoms with Gasteiger partial charge in [0, 0.05) is 16.7 Å². The molecule has 6 heteroatoms. The molecule has 3 aromatic rings. The summed E-state index contributed by atoms with van der Waals surface area (Å²) < 4.78 is 33.0. The van der Waals surface area contributed by atoms with Crippen LogP contribution in [0.3, 0.4) is 0 Å². The Morgan fingerprint density at radius 1 is 0.867 bits per heavy atom. The van der Waals surface area contributed by atoms with Crippen molar-refractivity contribution < 1.29 is 13.5 Å². The summed E-state index contributed by atoms with van der Waals surface area (Å²) in [4.78, 5) is 4.60. The molecule has 1 aliphatic heterocycles. The predicted octanol–water partition coefficient (Wildman–Crippen LogP) is 5.58. The quantitative estimate of drug-likeness (QED) is 0.545. The molecule has 0 saturated heterocycles. The van der Waals surface area contributed by atoms with Gasteiger partial charge in [-0.3, -0.25) is 5.43 Å². The molecule has 0 unspecified atom stereocenters. The van der Waals surface area contributed by atoms with Crippen LogP contribution in [-0.2, 0) is 0 Å². The van der Waals surface area contributed by atoms with Gasteiger partial charge in [0.2, 0.25) is 0 Å². The highest BCUT2D eigenvalue weighted by atomic mass is 19.1. The lowest BCUT2D eigenvalue weighted by atomic mass is 10.0. The third-order valence-corrected chi connectivity index (χ3v) is 4.73. The summed E-state index contributed by atoms with van der Waals surface area (Å²) in [5.41, 5.74) is 6.13. The highest BCUT2D eigenvalue weighted by Gasteiger charge is 2.18. The summed E-state index contributed by atoms with van der Waals surface area (Å²) in [6.07, 6.45) is 2.06. The van der Waals surface area contributed by atoms with Gasteiger partial charge < -0.3 is 4.74 Å². The smallest absolute Gasteiger partial charge is 0.154 e. The Labute approximate surface area is 173 Å². The van der Waals surface area contributed by atoms with E-state index in [0.29, 0.717) is 35.0 Å². The third kappa shape index (κ3) is 4.38. The van der Waals surface area contributed by atoms with Gasteiger partial charge in [-0.25, -0.2) is 13.8 Å². The standard InChI is InChI=1S/C24H21F2N3O/c1-2-3-14-30-20-11-6-16(7-12-20)23-21-15-19(26)10-13-22(21)27-24(29-28-23)17-4-8-18(25)9-5-17/h4-13,15H,2-3,14H2,1H3,(H,27,29). The van der Waals surface area contributed by atoms with Gasteiger partial charge in [0.05, 0.1) is 12.3 Å². The van der Waals surface area contributed by atoms with Crippen LogP contribution in [0.25, 0.3) is 0 Å².